The Kier molecular flexibility index (Phi) is 8.69. The number of aromatic amines is 1. The van der Waals surface area contributed by atoms with Crippen LogP contribution in [0.2, 0.25) is 0 Å². The van der Waals surface area contributed by atoms with E-state index in [1.807, 2.05) is 37.3 Å². The molecule has 0 saturated carbocycles. The van der Waals surface area contributed by atoms with Crippen LogP contribution in [0, 0.1) is 6.92 Å². The standard InChI is InChI=1S/C28H38N8O2S/c1-19-17-24(33-32-19)29-26-25(38-4)27(36-15-13-35(14-16-36)22-9-11-34(3)12-10-22)31-28(30-26)39-23-7-5-21(6-8-23)18-20(2)37/h5-8,17,22H,9-16,18H2,1-4H3,(H2,29,30,31,32,33). The van der Waals surface area contributed by atoms with Gasteiger partial charge in [0, 0.05) is 55.3 Å². The van der Waals surface area contributed by atoms with Crippen LogP contribution in [0.15, 0.2) is 40.4 Å². The molecule has 0 bridgehead atoms. The second-order valence-electron chi connectivity index (χ2n) is 10.5. The summed E-state index contributed by atoms with van der Waals surface area (Å²) in [6.45, 7) is 9.67. The number of H-pyrrole nitrogens is 1. The van der Waals surface area contributed by atoms with Crippen LogP contribution in [0.25, 0.3) is 0 Å². The first-order valence-corrected chi connectivity index (χ1v) is 14.4. The van der Waals surface area contributed by atoms with Crippen molar-refractivity contribution in [3.05, 3.63) is 41.6 Å². The number of ketones is 1. The number of piperidine rings is 1. The maximum atomic E-state index is 11.5. The molecule has 0 spiro atoms. The third-order valence-electron chi connectivity index (χ3n) is 7.39. The summed E-state index contributed by atoms with van der Waals surface area (Å²) < 4.78 is 5.89. The van der Waals surface area contributed by atoms with Gasteiger partial charge in [-0.25, -0.2) is 9.97 Å². The molecule has 10 nitrogen and oxygen atoms in total. The van der Waals surface area contributed by atoms with E-state index >= 15 is 0 Å². The number of piperazine rings is 1. The highest BCUT2D eigenvalue weighted by Gasteiger charge is 2.29. The number of Topliss-reactive ketones (excluding diaryl/α,β-unsaturated/α-hetero) is 1. The zero-order valence-corrected chi connectivity index (χ0v) is 24.1. The first kappa shape index (κ1) is 27.4. The first-order valence-electron chi connectivity index (χ1n) is 13.6. The number of rotatable bonds is 9. The maximum absolute atomic E-state index is 11.5. The average molecular weight is 551 g/mol. The Morgan fingerprint density at radius 2 is 1.82 bits per heavy atom. The molecule has 2 aliphatic rings. The number of carbonyl (C=O) groups excluding carboxylic acids is 1. The van der Waals surface area contributed by atoms with Gasteiger partial charge >= 0.3 is 0 Å². The van der Waals surface area contributed by atoms with Crippen molar-refractivity contribution in [1.29, 1.82) is 0 Å². The molecular weight excluding hydrogens is 512 g/mol. The summed E-state index contributed by atoms with van der Waals surface area (Å²) in [6.07, 6.45) is 2.90. The summed E-state index contributed by atoms with van der Waals surface area (Å²) in [5.74, 6) is 2.82. The van der Waals surface area contributed by atoms with Crippen LogP contribution in [0.5, 0.6) is 5.75 Å². The van der Waals surface area contributed by atoms with Crippen LogP contribution < -0.4 is 15.0 Å². The third-order valence-corrected chi connectivity index (χ3v) is 8.26. The van der Waals surface area contributed by atoms with Gasteiger partial charge in [-0.15, -0.1) is 0 Å². The fourth-order valence-electron chi connectivity index (χ4n) is 5.28. The minimum Gasteiger partial charge on any atom is -0.490 e. The first-order chi connectivity index (χ1) is 18.9. The minimum absolute atomic E-state index is 0.152. The number of carbonyl (C=O) groups is 1. The minimum atomic E-state index is 0.152. The maximum Gasteiger partial charge on any atom is 0.204 e. The van der Waals surface area contributed by atoms with E-state index in [9.17, 15) is 4.79 Å². The van der Waals surface area contributed by atoms with Crippen LogP contribution in [0.1, 0.15) is 31.0 Å². The van der Waals surface area contributed by atoms with Crippen molar-refractivity contribution in [2.45, 2.75) is 49.2 Å². The van der Waals surface area contributed by atoms with Gasteiger partial charge in [0.15, 0.2) is 22.6 Å². The molecule has 39 heavy (non-hydrogen) atoms. The molecule has 4 heterocycles. The highest BCUT2D eigenvalue weighted by molar-refractivity contribution is 7.99. The molecule has 5 rings (SSSR count). The molecule has 1 aromatic carbocycles. The monoisotopic (exact) mass is 550 g/mol. The predicted molar refractivity (Wildman–Crippen MR) is 154 cm³/mol. The lowest BCUT2D eigenvalue weighted by molar-refractivity contribution is -0.116. The van der Waals surface area contributed by atoms with Crippen molar-refractivity contribution in [2.75, 3.05) is 63.6 Å². The van der Waals surface area contributed by atoms with Crippen molar-refractivity contribution < 1.29 is 9.53 Å². The SMILES string of the molecule is COc1c(Nc2cc(C)[nH]n2)nc(Sc2ccc(CC(C)=O)cc2)nc1N1CCN(C2CCN(C)CC2)CC1. The van der Waals surface area contributed by atoms with Crippen LogP contribution >= 0.6 is 11.8 Å². The van der Waals surface area contributed by atoms with Gasteiger partial charge < -0.3 is 19.9 Å². The van der Waals surface area contributed by atoms with Crippen molar-refractivity contribution in [2.24, 2.45) is 0 Å². The van der Waals surface area contributed by atoms with Gasteiger partial charge in [-0.1, -0.05) is 12.1 Å². The Hall–Kier alpha value is -3.15. The second-order valence-corrected chi connectivity index (χ2v) is 11.5. The normalized spacial score (nSPS) is 17.4. The number of benzene rings is 1. The smallest absolute Gasteiger partial charge is 0.204 e. The number of aromatic nitrogens is 4. The van der Waals surface area contributed by atoms with Crippen molar-refractivity contribution in [1.82, 2.24) is 30.0 Å². The Labute approximate surface area is 234 Å². The summed E-state index contributed by atoms with van der Waals surface area (Å²) in [7, 11) is 3.88. The van der Waals surface area contributed by atoms with E-state index in [0.717, 1.165) is 48.1 Å². The number of nitrogens with zero attached hydrogens (tertiary/aromatic N) is 6. The van der Waals surface area contributed by atoms with Gasteiger partial charge in [-0.05, 0) is 76.3 Å². The van der Waals surface area contributed by atoms with Crippen LogP contribution in [-0.4, -0.2) is 95.2 Å². The van der Waals surface area contributed by atoms with Gasteiger partial charge in [-0.2, -0.15) is 5.10 Å². The molecule has 0 amide bonds. The topological polar surface area (TPSA) is 103 Å². The Morgan fingerprint density at radius 1 is 1.10 bits per heavy atom. The van der Waals surface area contributed by atoms with Crippen LogP contribution in [-0.2, 0) is 11.2 Å². The van der Waals surface area contributed by atoms with Crippen molar-refractivity contribution in [3.63, 3.8) is 0 Å². The number of aryl methyl sites for hydroxylation is 1. The molecule has 2 saturated heterocycles. The number of anilines is 3. The Bertz CT molecular complexity index is 1270. The lowest BCUT2D eigenvalue weighted by atomic mass is 10.0. The van der Waals surface area contributed by atoms with Gasteiger partial charge in [0.25, 0.3) is 0 Å². The highest BCUT2D eigenvalue weighted by Crippen LogP contribution is 2.38. The molecule has 3 aromatic rings. The van der Waals surface area contributed by atoms with E-state index in [2.05, 4.69) is 37.3 Å². The molecular formula is C28H38N8O2S. The van der Waals surface area contributed by atoms with Gasteiger partial charge in [0.2, 0.25) is 5.75 Å². The van der Waals surface area contributed by atoms with E-state index in [1.165, 1.54) is 37.7 Å². The summed E-state index contributed by atoms with van der Waals surface area (Å²) in [5, 5.41) is 11.3. The number of nitrogens with one attached hydrogen (secondary N) is 2. The lowest BCUT2D eigenvalue weighted by Crippen LogP contribution is -2.53. The quantitative estimate of drug-likeness (QED) is 0.383. The molecule has 208 valence electrons. The molecule has 11 heteroatoms. The number of methoxy groups -OCH3 is 1. The van der Waals surface area contributed by atoms with E-state index in [1.54, 1.807) is 14.0 Å². The molecule has 0 unspecified atom stereocenters. The fourth-order valence-corrected chi connectivity index (χ4v) is 6.03. The molecule has 2 aliphatic heterocycles. The van der Waals surface area contributed by atoms with Gasteiger partial charge in [0.05, 0.1) is 7.11 Å². The number of likely N-dealkylation sites (tertiary alicyclic amines) is 1. The zero-order chi connectivity index (χ0) is 27.4. The summed E-state index contributed by atoms with van der Waals surface area (Å²) in [6, 6.07) is 10.6. The molecule has 2 fully saturated rings. The fraction of sp³-hybridized carbons (Fsp3) is 0.500. The molecule has 0 aliphatic carbocycles. The second kappa shape index (κ2) is 12.4. The molecule has 0 atom stereocenters. The lowest BCUT2D eigenvalue weighted by Gasteiger charge is -2.42. The van der Waals surface area contributed by atoms with E-state index in [4.69, 9.17) is 14.7 Å². The van der Waals surface area contributed by atoms with Gasteiger partial charge in [-0.3, -0.25) is 14.8 Å². The summed E-state index contributed by atoms with van der Waals surface area (Å²) in [5.41, 5.74) is 1.96. The third kappa shape index (κ3) is 6.90. The van der Waals surface area contributed by atoms with Crippen LogP contribution in [0.4, 0.5) is 17.5 Å². The van der Waals surface area contributed by atoms with E-state index in [-0.39, 0.29) is 5.78 Å². The zero-order valence-electron chi connectivity index (χ0n) is 23.2. The number of ether oxygens (including phenoxy) is 1. The molecule has 2 N–H and O–H groups in total. The highest BCUT2D eigenvalue weighted by atomic mass is 32.2. The summed E-state index contributed by atoms with van der Waals surface area (Å²) in [4.78, 5) is 29.7. The Morgan fingerprint density at radius 3 is 2.44 bits per heavy atom. The summed E-state index contributed by atoms with van der Waals surface area (Å²) >= 11 is 1.49. The molecule has 2 aromatic heterocycles. The molecule has 0 radical (unpaired) electrons. The largest absolute Gasteiger partial charge is 0.490 e. The predicted octanol–water partition coefficient (Wildman–Crippen LogP) is 3.76. The van der Waals surface area contributed by atoms with E-state index in [0.29, 0.717) is 35.0 Å². The van der Waals surface area contributed by atoms with Gasteiger partial charge in [0.1, 0.15) is 5.78 Å². The average Bonchev–Trinajstić information content (AvgIpc) is 3.34. The number of hydrogen-bond donors (Lipinski definition) is 2. The van der Waals surface area contributed by atoms with Crippen molar-refractivity contribution in [3.8, 4) is 5.75 Å². The Balaban J connectivity index is 1.39. The van der Waals surface area contributed by atoms with E-state index < -0.39 is 0 Å². The van der Waals surface area contributed by atoms with Crippen LogP contribution in [0.3, 0.4) is 0 Å². The van der Waals surface area contributed by atoms with Crippen molar-refractivity contribution >= 4 is 35.0 Å². The number of hydrogen-bond acceptors (Lipinski definition) is 10.